The lowest BCUT2D eigenvalue weighted by Crippen LogP contribution is -2.09. The molecule has 2 nitrogen and oxygen atoms in total. The van der Waals surface area contributed by atoms with Gasteiger partial charge in [0.2, 0.25) is 0 Å². The standard InChI is InChI=1S/C11H16NO/c1-2-4-10(5-3-1)8-11-9-12-6-7-13-11/h6-7,9-10H,1-5,8H2. The number of nitrogens with zero attached hydrogens (tertiary/aromatic N) is 1. The molecule has 0 spiro atoms. The molecule has 0 aromatic rings. The van der Waals surface area contributed by atoms with Crippen molar-refractivity contribution in [3.05, 3.63) is 24.4 Å². The second kappa shape index (κ2) is 4.35. The summed E-state index contributed by atoms with van der Waals surface area (Å²) in [7, 11) is 0. The van der Waals surface area contributed by atoms with Crippen molar-refractivity contribution < 1.29 is 4.74 Å². The first kappa shape index (κ1) is 8.67. The van der Waals surface area contributed by atoms with Gasteiger partial charge in [0.15, 0.2) is 0 Å². The van der Waals surface area contributed by atoms with Gasteiger partial charge in [-0.15, -0.1) is 0 Å². The average Bonchev–Trinajstić information content (AvgIpc) is 2.21. The van der Waals surface area contributed by atoms with E-state index in [2.05, 4.69) is 5.32 Å². The molecule has 0 unspecified atom stereocenters. The van der Waals surface area contributed by atoms with Crippen LogP contribution in [0.25, 0.3) is 0 Å². The van der Waals surface area contributed by atoms with Gasteiger partial charge in [-0.3, -0.25) is 5.32 Å². The van der Waals surface area contributed by atoms with Gasteiger partial charge in [0.05, 0.1) is 12.4 Å². The summed E-state index contributed by atoms with van der Waals surface area (Å²) in [6.07, 6.45) is 13.2. The molecule has 2 heteroatoms. The normalized spacial score (nSPS) is 23.2. The van der Waals surface area contributed by atoms with Crippen LogP contribution in [0.4, 0.5) is 0 Å². The first-order valence-electron chi connectivity index (χ1n) is 5.16. The molecular formula is C11H16NO. The van der Waals surface area contributed by atoms with Crippen molar-refractivity contribution in [3.8, 4) is 0 Å². The molecule has 1 saturated carbocycles. The Morgan fingerprint density at radius 1 is 1.31 bits per heavy atom. The topological polar surface area (TPSA) is 23.3 Å². The average molecular weight is 178 g/mol. The molecule has 1 radical (unpaired) electrons. The molecule has 0 saturated heterocycles. The minimum absolute atomic E-state index is 0.835. The van der Waals surface area contributed by atoms with Crippen molar-refractivity contribution in [3.63, 3.8) is 0 Å². The highest BCUT2D eigenvalue weighted by Crippen LogP contribution is 2.29. The first-order valence-corrected chi connectivity index (χ1v) is 5.16. The highest BCUT2D eigenvalue weighted by Gasteiger charge is 2.16. The third-order valence-electron chi connectivity index (χ3n) is 2.80. The van der Waals surface area contributed by atoms with Gasteiger partial charge in [-0.25, -0.2) is 0 Å². The number of hydrogen-bond acceptors (Lipinski definition) is 1. The molecule has 0 bridgehead atoms. The van der Waals surface area contributed by atoms with E-state index >= 15 is 0 Å². The number of ether oxygens (including phenoxy) is 1. The zero-order valence-electron chi connectivity index (χ0n) is 7.91. The third kappa shape index (κ3) is 2.51. The second-order valence-electron chi connectivity index (χ2n) is 3.86. The molecule has 2 aliphatic rings. The van der Waals surface area contributed by atoms with Crippen molar-refractivity contribution >= 4 is 0 Å². The fourth-order valence-corrected chi connectivity index (χ4v) is 2.09. The van der Waals surface area contributed by atoms with Crippen molar-refractivity contribution in [2.75, 3.05) is 0 Å². The van der Waals surface area contributed by atoms with Gasteiger partial charge in [-0.2, -0.15) is 0 Å². The Bertz CT molecular complexity index is 214. The molecule has 1 fully saturated rings. The molecule has 1 heterocycles. The summed E-state index contributed by atoms with van der Waals surface area (Å²) in [4.78, 5) is 0. The summed E-state index contributed by atoms with van der Waals surface area (Å²) in [5, 5.41) is 4.06. The maximum absolute atomic E-state index is 5.37. The molecule has 13 heavy (non-hydrogen) atoms. The van der Waals surface area contributed by atoms with E-state index in [0.29, 0.717) is 0 Å². The van der Waals surface area contributed by atoms with Crippen LogP contribution >= 0.6 is 0 Å². The van der Waals surface area contributed by atoms with E-state index in [1.807, 2.05) is 6.20 Å². The minimum atomic E-state index is 0.835. The number of hydrogen-bond donors (Lipinski definition) is 0. The largest absolute Gasteiger partial charge is 0.466 e. The third-order valence-corrected chi connectivity index (χ3v) is 2.80. The second-order valence-corrected chi connectivity index (χ2v) is 3.86. The van der Waals surface area contributed by atoms with Gasteiger partial charge in [-0.05, 0) is 5.92 Å². The van der Waals surface area contributed by atoms with Crippen LogP contribution in [0.15, 0.2) is 24.4 Å². The molecule has 0 aromatic heterocycles. The summed E-state index contributed by atoms with van der Waals surface area (Å²) in [6, 6.07) is 0. The maximum atomic E-state index is 5.37. The number of rotatable bonds is 2. The lowest BCUT2D eigenvalue weighted by atomic mass is 9.86. The van der Waals surface area contributed by atoms with E-state index < -0.39 is 0 Å². The Morgan fingerprint density at radius 3 is 2.85 bits per heavy atom. The predicted octanol–water partition coefficient (Wildman–Crippen LogP) is 2.90. The smallest absolute Gasteiger partial charge is 0.122 e. The Labute approximate surface area is 79.7 Å². The molecule has 0 N–H and O–H groups in total. The van der Waals surface area contributed by atoms with E-state index in [-0.39, 0.29) is 0 Å². The van der Waals surface area contributed by atoms with Crippen molar-refractivity contribution in [2.24, 2.45) is 5.92 Å². The van der Waals surface area contributed by atoms with Crippen LogP contribution in [0.1, 0.15) is 38.5 Å². The van der Waals surface area contributed by atoms with Gasteiger partial charge in [0.1, 0.15) is 12.0 Å². The molecule has 0 atom stereocenters. The first-order chi connectivity index (χ1) is 6.45. The van der Waals surface area contributed by atoms with E-state index in [1.54, 1.807) is 12.5 Å². The molecule has 2 rings (SSSR count). The van der Waals surface area contributed by atoms with Crippen LogP contribution in [-0.4, -0.2) is 0 Å². The van der Waals surface area contributed by atoms with Crippen LogP contribution in [0.2, 0.25) is 0 Å². The SMILES string of the molecule is C1=COC(CC2CCCCC2)=C[N]1. The molecule has 71 valence electrons. The summed E-state index contributed by atoms with van der Waals surface area (Å²) in [5.74, 6) is 1.87. The van der Waals surface area contributed by atoms with E-state index in [0.717, 1.165) is 18.1 Å². The van der Waals surface area contributed by atoms with Crippen LogP contribution < -0.4 is 5.32 Å². The minimum Gasteiger partial charge on any atom is -0.466 e. The Morgan fingerprint density at radius 2 is 2.15 bits per heavy atom. The van der Waals surface area contributed by atoms with Crippen LogP contribution in [0.5, 0.6) is 0 Å². The summed E-state index contributed by atoms with van der Waals surface area (Å²) in [5.41, 5.74) is 0. The maximum Gasteiger partial charge on any atom is 0.122 e. The molecule has 0 amide bonds. The van der Waals surface area contributed by atoms with Gasteiger partial charge in [0.25, 0.3) is 0 Å². The lowest BCUT2D eigenvalue weighted by Gasteiger charge is -2.22. The Kier molecular flexibility index (Phi) is 2.90. The summed E-state index contributed by atoms with van der Waals surface area (Å²) < 4.78 is 5.37. The zero-order chi connectivity index (χ0) is 8.93. The molecule has 0 aromatic carbocycles. The molecule has 1 aliphatic carbocycles. The Balaban J connectivity index is 1.79. The van der Waals surface area contributed by atoms with E-state index in [4.69, 9.17) is 4.74 Å². The van der Waals surface area contributed by atoms with E-state index in [1.165, 1.54) is 32.1 Å². The predicted molar refractivity (Wildman–Crippen MR) is 51.6 cm³/mol. The monoisotopic (exact) mass is 178 g/mol. The molecular weight excluding hydrogens is 162 g/mol. The fourth-order valence-electron chi connectivity index (χ4n) is 2.09. The van der Waals surface area contributed by atoms with Gasteiger partial charge in [-0.1, -0.05) is 32.1 Å². The Hall–Kier alpha value is -0.920. The van der Waals surface area contributed by atoms with Crippen LogP contribution in [0, 0.1) is 5.92 Å². The molecule has 1 aliphatic heterocycles. The quantitative estimate of drug-likeness (QED) is 0.637. The van der Waals surface area contributed by atoms with Crippen molar-refractivity contribution in [2.45, 2.75) is 38.5 Å². The van der Waals surface area contributed by atoms with Crippen molar-refractivity contribution in [1.82, 2.24) is 5.32 Å². The van der Waals surface area contributed by atoms with Crippen LogP contribution in [-0.2, 0) is 4.74 Å². The van der Waals surface area contributed by atoms with E-state index in [9.17, 15) is 0 Å². The zero-order valence-corrected chi connectivity index (χ0v) is 7.91. The summed E-state index contributed by atoms with van der Waals surface area (Å²) >= 11 is 0. The van der Waals surface area contributed by atoms with Gasteiger partial charge >= 0.3 is 0 Å². The van der Waals surface area contributed by atoms with Crippen LogP contribution in [0.3, 0.4) is 0 Å². The fraction of sp³-hybridized carbons (Fsp3) is 0.636. The summed E-state index contributed by atoms with van der Waals surface area (Å²) in [6.45, 7) is 0. The highest BCUT2D eigenvalue weighted by atomic mass is 16.5. The highest BCUT2D eigenvalue weighted by molar-refractivity contribution is 5.01. The lowest BCUT2D eigenvalue weighted by molar-refractivity contribution is 0.267. The van der Waals surface area contributed by atoms with Gasteiger partial charge in [0, 0.05) is 6.42 Å². The van der Waals surface area contributed by atoms with Gasteiger partial charge < -0.3 is 4.74 Å². The number of allylic oxidation sites excluding steroid dienone is 1. The van der Waals surface area contributed by atoms with Crippen molar-refractivity contribution in [1.29, 1.82) is 0 Å².